The van der Waals surface area contributed by atoms with Crippen molar-refractivity contribution < 1.29 is 27.1 Å². The molecule has 2 aliphatic heterocycles. The van der Waals surface area contributed by atoms with Crippen molar-refractivity contribution in [1.82, 2.24) is 9.80 Å². The summed E-state index contributed by atoms with van der Waals surface area (Å²) < 4.78 is 47.8. The Hall–Kier alpha value is -3.14. The summed E-state index contributed by atoms with van der Waals surface area (Å²) in [5, 5.41) is 1.07. The van der Waals surface area contributed by atoms with Crippen LogP contribution < -0.4 is 4.74 Å². The van der Waals surface area contributed by atoms with Gasteiger partial charge in [-0.15, -0.1) is 0 Å². The number of nitrogens with zero attached hydrogens (tertiary/aromatic N) is 2. The molecule has 2 amide bonds. The van der Waals surface area contributed by atoms with Gasteiger partial charge in [-0.05, 0) is 97.8 Å². The largest absolute Gasteiger partial charge is 0.489 e. The van der Waals surface area contributed by atoms with E-state index in [0.29, 0.717) is 66.7 Å². The van der Waals surface area contributed by atoms with Crippen molar-refractivity contribution in [1.29, 1.82) is 0 Å². The zero-order chi connectivity index (χ0) is 31.2. The Balaban J connectivity index is 1.34. The molecule has 232 valence electrons. The summed E-state index contributed by atoms with van der Waals surface area (Å²) in [6, 6.07) is 14.9. The predicted molar refractivity (Wildman–Crippen MR) is 166 cm³/mol. The van der Waals surface area contributed by atoms with Crippen LogP contribution in [0.15, 0.2) is 65.6 Å². The Morgan fingerprint density at radius 1 is 0.977 bits per heavy atom. The number of aryl methyl sites for hydroxylation is 1. The van der Waals surface area contributed by atoms with E-state index >= 15 is 0 Å². The maximum absolute atomic E-state index is 14.6. The van der Waals surface area contributed by atoms with Crippen LogP contribution >= 0.6 is 23.2 Å². The molecule has 0 unspecified atom stereocenters. The first-order chi connectivity index (χ1) is 21.0. The van der Waals surface area contributed by atoms with Crippen LogP contribution in [0.2, 0.25) is 10.0 Å². The van der Waals surface area contributed by atoms with E-state index in [9.17, 15) is 22.4 Å². The van der Waals surface area contributed by atoms with Gasteiger partial charge in [-0.2, -0.15) is 0 Å². The van der Waals surface area contributed by atoms with E-state index in [1.165, 1.54) is 19.1 Å². The highest BCUT2D eigenvalue weighted by molar-refractivity contribution is 7.92. The molecular weight excluding hydrogens is 626 g/mol. The summed E-state index contributed by atoms with van der Waals surface area (Å²) in [5.74, 6) is -0.300. The van der Waals surface area contributed by atoms with Crippen LogP contribution in [0.3, 0.4) is 0 Å². The van der Waals surface area contributed by atoms with Gasteiger partial charge in [-0.3, -0.25) is 9.59 Å². The summed E-state index contributed by atoms with van der Waals surface area (Å²) >= 11 is 12.4. The molecule has 3 aromatic carbocycles. The minimum absolute atomic E-state index is 0.00983. The monoisotopic (exact) mass is 658 g/mol. The molecule has 6 rings (SSSR count). The molecule has 2 saturated heterocycles. The third kappa shape index (κ3) is 5.37. The number of sulfone groups is 1. The zero-order valence-corrected chi connectivity index (χ0v) is 26.6. The van der Waals surface area contributed by atoms with E-state index in [1.54, 1.807) is 40.1 Å². The molecule has 2 heterocycles. The van der Waals surface area contributed by atoms with E-state index in [-0.39, 0.29) is 35.7 Å². The van der Waals surface area contributed by atoms with Gasteiger partial charge in [0.1, 0.15) is 22.9 Å². The third-order valence-corrected chi connectivity index (χ3v) is 12.6. The zero-order valence-electron chi connectivity index (χ0n) is 24.3. The first-order valence-corrected chi connectivity index (χ1v) is 17.0. The van der Waals surface area contributed by atoms with Crippen molar-refractivity contribution in [3.8, 4) is 5.75 Å². The molecular formula is C33H33Cl2FN2O5S. The van der Waals surface area contributed by atoms with Gasteiger partial charge in [0.25, 0.3) is 0 Å². The third-order valence-electron chi connectivity index (χ3n) is 9.44. The first-order valence-electron chi connectivity index (χ1n) is 14.8. The number of hydrogen-bond acceptors (Lipinski definition) is 5. The highest BCUT2D eigenvalue weighted by Gasteiger charge is 2.61. The summed E-state index contributed by atoms with van der Waals surface area (Å²) in [4.78, 5) is 29.3. The van der Waals surface area contributed by atoms with Crippen LogP contribution in [0.5, 0.6) is 5.75 Å². The van der Waals surface area contributed by atoms with Crippen LogP contribution in [-0.2, 0) is 37.2 Å². The van der Waals surface area contributed by atoms with E-state index in [2.05, 4.69) is 0 Å². The lowest BCUT2D eigenvalue weighted by atomic mass is 9.78. The number of hydrogen-bond donors (Lipinski definition) is 0. The van der Waals surface area contributed by atoms with Crippen LogP contribution in [0.25, 0.3) is 0 Å². The number of benzene rings is 3. The number of fused-ring (bicyclic) bond motifs is 3. The molecule has 2 fully saturated rings. The summed E-state index contributed by atoms with van der Waals surface area (Å²) in [7, 11) is -4.07. The number of likely N-dealkylation sites (tertiary alicyclic amines) is 2. The minimum atomic E-state index is -4.07. The van der Waals surface area contributed by atoms with Crippen molar-refractivity contribution in [3.63, 3.8) is 0 Å². The minimum Gasteiger partial charge on any atom is -0.489 e. The number of carbonyl (C=O) groups excluding carboxylic acids is 2. The summed E-state index contributed by atoms with van der Waals surface area (Å²) in [6.07, 6.45) is 2.33. The second kappa shape index (κ2) is 12.0. The van der Waals surface area contributed by atoms with Crippen molar-refractivity contribution in [2.45, 2.75) is 61.3 Å². The summed E-state index contributed by atoms with van der Waals surface area (Å²) in [6.45, 7) is 3.02. The molecule has 44 heavy (non-hydrogen) atoms. The topological polar surface area (TPSA) is 84.0 Å². The van der Waals surface area contributed by atoms with Gasteiger partial charge in [0.15, 0.2) is 9.84 Å². The molecule has 0 radical (unpaired) electrons. The maximum atomic E-state index is 14.6. The fourth-order valence-corrected chi connectivity index (χ4v) is 9.91. The van der Waals surface area contributed by atoms with Gasteiger partial charge in [0.2, 0.25) is 11.8 Å². The highest BCUT2D eigenvalue weighted by Crippen LogP contribution is 2.53. The normalized spacial score (nSPS) is 22.0. The van der Waals surface area contributed by atoms with Gasteiger partial charge < -0.3 is 14.5 Å². The number of rotatable bonds is 6. The van der Waals surface area contributed by atoms with Gasteiger partial charge in [0.05, 0.1) is 10.9 Å². The lowest BCUT2D eigenvalue weighted by Crippen LogP contribution is -2.53. The van der Waals surface area contributed by atoms with Crippen molar-refractivity contribution in [3.05, 3.63) is 93.2 Å². The van der Waals surface area contributed by atoms with E-state index in [0.717, 1.165) is 23.3 Å². The molecule has 1 aliphatic carbocycles. The van der Waals surface area contributed by atoms with Crippen molar-refractivity contribution in [2.24, 2.45) is 5.92 Å². The molecule has 0 N–H and O–H groups in total. The highest BCUT2D eigenvalue weighted by atomic mass is 35.5. The van der Waals surface area contributed by atoms with Gasteiger partial charge in [-0.25, -0.2) is 12.8 Å². The first kappa shape index (κ1) is 30.9. The second-order valence-electron chi connectivity index (χ2n) is 11.8. The number of amides is 2. The molecule has 7 nitrogen and oxygen atoms in total. The second-order valence-corrected chi connectivity index (χ2v) is 14.9. The molecule has 11 heteroatoms. The smallest absolute Gasteiger partial charge is 0.226 e. The number of ether oxygens (including phenoxy) is 1. The van der Waals surface area contributed by atoms with Crippen LogP contribution in [0, 0.1) is 11.7 Å². The molecule has 3 aromatic rings. The van der Waals surface area contributed by atoms with Gasteiger partial charge >= 0.3 is 0 Å². The number of carbonyl (C=O) groups is 2. The Morgan fingerprint density at radius 3 is 2.41 bits per heavy atom. The van der Waals surface area contributed by atoms with E-state index in [1.807, 2.05) is 6.07 Å². The Bertz CT molecular complexity index is 1710. The molecule has 2 atom stereocenters. The van der Waals surface area contributed by atoms with Gasteiger partial charge in [-0.1, -0.05) is 29.3 Å². The average molecular weight is 660 g/mol. The van der Waals surface area contributed by atoms with Crippen LogP contribution in [0.4, 0.5) is 4.39 Å². The van der Waals surface area contributed by atoms with Crippen LogP contribution in [0.1, 0.15) is 49.3 Å². The number of piperidine rings is 1. The van der Waals surface area contributed by atoms with Crippen molar-refractivity contribution in [2.75, 3.05) is 19.6 Å². The Kier molecular flexibility index (Phi) is 8.41. The van der Waals surface area contributed by atoms with Gasteiger partial charge in [0, 0.05) is 48.1 Å². The molecule has 0 spiro atoms. The molecule has 0 aromatic heterocycles. The Labute approximate surface area is 266 Å². The van der Waals surface area contributed by atoms with Crippen molar-refractivity contribution >= 4 is 44.9 Å². The van der Waals surface area contributed by atoms with E-state index < -0.39 is 26.4 Å². The van der Waals surface area contributed by atoms with E-state index in [4.69, 9.17) is 27.9 Å². The summed E-state index contributed by atoms with van der Waals surface area (Å²) in [5.41, 5.74) is 2.21. The fraction of sp³-hybridized carbons (Fsp3) is 0.394. The lowest BCUT2D eigenvalue weighted by molar-refractivity contribution is -0.141. The lowest BCUT2D eigenvalue weighted by Gasteiger charge is -2.43. The molecule has 3 aliphatic rings. The predicted octanol–water partition coefficient (Wildman–Crippen LogP) is 6.19. The number of halogens is 3. The van der Waals surface area contributed by atoms with Crippen LogP contribution in [-0.4, -0.2) is 55.7 Å². The standard InChI is InChI=1S/C33H33Cl2FN2O5S/c1-21(39)37-15-12-22(13-16-37)32(40)38-17-14-33(44(41,42)28-7-4-26(36)5-8-28)29-9-6-27(19-23(29)2-11-31(33)38)43-20-24-18-25(34)3-10-30(24)35/h3-10,18-19,22,31H,2,11-17,20H2,1H3/t31-,33-/m1/s1. The quantitative estimate of drug-likeness (QED) is 0.295. The Morgan fingerprint density at radius 2 is 1.70 bits per heavy atom. The fourth-order valence-electron chi connectivity index (χ4n) is 7.17. The maximum Gasteiger partial charge on any atom is 0.226 e. The SMILES string of the molecule is CC(=O)N1CCC(C(=O)N2CC[C@@]3(S(=O)(=O)c4ccc(F)cc4)c4ccc(OCc5cc(Cl)ccc5Cl)cc4CC[C@@H]23)CC1. The molecule has 0 bridgehead atoms. The molecule has 0 saturated carbocycles. The average Bonchev–Trinajstić information content (AvgIpc) is 3.43.